The molecule has 0 heterocycles. The molecule has 0 bridgehead atoms. The van der Waals surface area contributed by atoms with Gasteiger partial charge in [-0.1, -0.05) is 166 Å². The minimum atomic E-state index is -4.52. The van der Waals surface area contributed by atoms with Gasteiger partial charge in [-0.05, 0) is 70.6 Å². The molecule has 0 amide bonds. The summed E-state index contributed by atoms with van der Waals surface area (Å²) in [6.45, 7) is 3.49. The van der Waals surface area contributed by atoms with Gasteiger partial charge in [-0.25, -0.2) is 4.57 Å². The van der Waals surface area contributed by atoms with Crippen LogP contribution in [-0.2, 0) is 27.9 Å². The second-order valence-corrected chi connectivity index (χ2v) is 16.9. The fraction of sp³-hybridized carbons (Fsp3) is 0.848. The van der Waals surface area contributed by atoms with Gasteiger partial charge in [0, 0.05) is 13.0 Å². The molecule has 0 spiro atoms. The number of carbonyl (C=O) groups is 1. The zero-order valence-electron chi connectivity index (χ0n) is 36.1. The maximum Gasteiger partial charge on any atom is 0.472 e. The van der Waals surface area contributed by atoms with Crippen LogP contribution in [0.15, 0.2) is 36.5 Å². The number of allylic oxidation sites excluding steroid dienone is 6. The number of hydrogen-bond donors (Lipinski definition) is 3. The van der Waals surface area contributed by atoms with E-state index in [2.05, 4.69) is 50.3 Å². The van der Waals surface area contributed by atoms with Gasteiger partial charge in [0.15, 0.2) is 0 Å². The summed E-state index contributed by atoms with van der Waals surface area (Å²) in [6, 6.07) is 0. The zero-order chi connectivity index (χ0) is 41.1. The van der Waals surface area contributed by atoms with Crippen LogP contribution in [0.2, 0.25) is 0 Å². The SMILES string of the molecule is CCCCCC/C=C\C/C=C\CCCCCCCCCC(=O)OC(COCCCCCCCC/C=C\CCCCCCCCC)COP(=O)(O)OCC(O)CO. The first-order valence-corrected chi connectivity index (χ1v) is 24.5. The number of hydrogen-bond acceptors (Lipinski definition) is 8. The molecule has 0 fully saturated rings. The summed E-state index contributed by atoms with van der Waals surface area (Å²) < 4.78 is 33.4. The first kappa shape index (κ1) is 54.7. The Bertz CT molecular complexity index is 970. The summed E-state index contributed by atoms with van der Waals surface area (Å²) in [5.74, 6) is -0.391. The predicted octanol–water partition coefficient (Wildman–Crippen LogP) is 12.8. The summed E-state index contributed by atoms with van der Waals surface area (Å²) in [6.07, 6.45) is 46.7. The molecule has 0 radical (unpaired) electrons. The quantitative estimate of drug-likeness (QED) is 0.0238. The number of aliphatic hydroxyl groups is 2. The van der Waals surface area contributed by atoms with Gasteiger partial charge in [-0.2, -0.15) is 0 Å². The lowest BCUT2D eigenvalue weighted by Gasteiger charge is -2.20. The average molecular weight is 815 g/mol. The van der Waals surface area contributed by atoms with Gasteiger partial charge >= 0.3 is 13.8 Å². The predicted molar refractivity (Wildman–Crippen MR) is 233 cm³/mol. The Morgan fingerprint density at radius 3 is 1.46 bits per heavy atom. The molecule has 9 nitrogen and oxygen atoms in total. The van der Waals surface area contributed by atoms with Crippen LogP contribution in [0.25, 0.3) is 0 Å². The average Bonchev–Trinajstić information content (AvgIpc) is 3.19. The molecule has 0 aliphatic rings. The largest absolute Gasteiger partial charge is 0.472 e. The number of aliphatic hydroxyl groups excluding tert-OH is 2. The fourth-order valence-corrected chi connectivity index (χ4v) is 7.05. The van der Waals surface area contributed by atoms with Crippen molar-refractivity contribution in [3.8, 4) is 0 Å². The van der Waals surface area contributed by atoms with Crippen molar-refractivity contribution >= 4 is 13.8 Å². The Labute approximate surface area is 344 Å². The minimum absolute atomic E-state index is 0.0429. The third-order valence-corrected chi connectivity index (χ3v) is 10.7. The van der Waals surface area contributed by atoms with Crippen LogP contribution < -0.4 is 0 Å². The second-order valence-electron chi connectivity index (χ2n) is 15.4. The molecule has 3 N–H and O–H groups in total. The molecule has 0 saturated heterocycles. The summed E-state index contributed by atoms with van der Waals surface area (Å²) in [7, 11) is -4.52. The smallest absolute Gasteiger partial charge is 0.457 e. The molecular weight excluding hydrogens is 727 g/mol. The lowest BCUT2D eigenvalue weighted by Crippen LogP contribution is -2.29. The van der Waals surface area contributed by atoms with E-state index in [4.69, 9.17) is 23.6 Å². The van der Waals surface area contributed by atoms with Gasteiger partial charge in [-0.3, -0.25) is 13.8 Å². The summed E-state index contributed by atoms with van der Waals surface area (Å²) >= 11 is 0. The third-order valence-electron chi connectivity index (χ3n) is 9.80. The third kappa shape index (κ3) is 42.3. The Hall–Kier alpha value is -1.32. The van der Waals surface area contributed by atoms with E-state index in [1.165, 1.54) is 122 Å². The molecule has 56 heavy (non-hydrogen) atoms. The van der Waals surface area contributed by atoms with Gasteiger partial charge in [0.05, 0.1) is 26.4 Å². The van der Waals surface area contributed by atoms with Crippen molar-refractivity contribution in [1.29, 1.82) is 0 Å². The Balaban J connectivity index is 4.16. The number of carbonyl (C=O) groups excluding carboxylic acids is 1. The van der Waals surface area contributed by atoms with Crippen LogP contribution in [0, 0.1) is 0 Å². The van der Waals surface area contributed by atoms with Crippen molar-refractivity contribution in [2.45, 2.75) is 219 Å². The first-order valence-electron chi connectivity index (χ1n) is 23.0. The number of rotatable bonds is 44. The number of esters is 1. The molecular formula is C46H87O9P. The molecule has 0 rings (SSSR count). The van der Waals surface area contributed by atoms with Gasteiger partial charge in [0.25, 0.3) is 0 Å². The van der Waals surface area contributed by atoms with Crippen LogP contribution in [0.1, 0.15) is 206 Å². The second kappa shape index (κ2) is 43.3. The molecule has 0 aliphatic heterocycles. The lowest BCUT2D eigenvalue weighted by molar-refractivity contribution is -0.154. The van der Waals surface area contributed by atoms with Crippen molar-refractivity contribution < 1.29 is 43.0 Å². The topological polar surface area (TPSA) is 132 Å². The Kier molecular flexibility index (Phi) is 42.2. The molecule has 0 aromatic carbocycles. The molecule has 0 saturated carbocycles. The molecule has 0 aromatic heterocycles. The lowest BCUT2D eigenvalue weighted by atomic mass is 10.1. The molecule has 330 valence electrons. The van der Waals surface area contributed by atoms with Crippen LogP contribution in [0.5, 0.6) is 0 Å². The van der Waals surface area contributed by atoms with Crippen LogP contribution in [0.3, 0.4) is 0 Å². The fourth-order valence-electron chi connectivity index (χ4n) is 6.26. The van der Waals surface area contributed by atoms with E-state index in [0.29, 0.717) is 6.61 Å². The van der Waals surface area contributed by atoms with Gasteiger partial charge in [0.2, 0.25) is 0 Å². The highest BCUT2D eigenvalue weighted by atomic mass is 31.2. The number of phosphoric acid groups is 1. The first-order chi connectivity index (χ1) is 27.3. The maximum atomic E-state index is 12.6. The minimum Gasteiger partial charge on any atom is -0.457 e. The van der Waals surface area contributed by atoms with E-state index in [-0.39, 0.29) is 19.6 Å². The van der Waals surface area contributed by atoms with Gasteiger partial charge in [-0.15, -0.1) is 0 Å². The zero-order valence-corrected chi connectivity index (χ0v) is 37.0. The van der Waals surface area contributed by atoms with E-state index in [0.717, 1.165) is 64.2 Å². The van der Waals surface area contributed by atoms with Crippen molar-refractivity contribution in [1.82, 2.24) is 0 Å². The molecule has 3 atom stereocenters. The Morgan fingerprint density at radius 1 is 0.554 bits per heavy atom. The van der Waals surface area contributed by atoms with Crippen molar-refractivity contribution in [3.63, 3.8) is 0 Å². The van der Waals surface area contributed by atoms with Crippen molar-refractivity contribution in [2.75, 3.05) is 33.0 Å². The Morgan fingerprint density at radius 2 is 0.964 bits per heavy atom. The van der Waals surface area contributed by atoms with E-state index in [1.54, 1.807) is 0 Å². The highest BCUT2D eigenvalue weighted by Crippen LogP contribution is 2.43. The van der Waals surface area contributed by atoms with Crippen LogP contribution in [0.4, 0.5) is 0 Å². The van der Waals surface area contributed by atoms with E-state index < -0.39 is 39.2 Å². The molecule has 3 unspecified atom stereocenters. The van der Waals surface area contributed by atoms with Gasteiger partial charge in [0.1, 0.15) is 12.2 Å². The van der Waals surface area contributed by atoms with E-state index >= 15 is 0 Å². The van der Waals surface area contributed by atoms with E-state index in [9.17, 15) is 19.4 Å². The number of phosphoric ester groups is 1. The summed E-state index contributed by atoms with van der Waals surface area (Å²) in [4.78, 5) is 22.6. The summed E-state index contributed by atoms with van der Waals surface area (Å²) in [5.41, 5.74) is 0. The maximum absolute atomic E-state index is 12.6. The van der Waals surface area contributed by atoms with Gasteiger partial charge < -0.3 is 24.6 Å². The van der Waals surface area contributed by atoms with Crippen molar-refractivity contribution in [3.05, 3.63) is 36.5 Å². The summed E-state index contributed by atoms with van der Waals surface area (Å²) in [5, 5.41) is 18.4. The highest BCUT2D eigenvalue weighted by molar-refractivity contribution is 7.47. The van der Waals surface area contributed by atoms with E-state index in [1.807, 2.05) is 0 Å². The normalized spacial score (nSPS) is 14.3. The monoisotopic (exact) mass is 815 g/mol. The number of unbranched alkanes of at least 4 members (excludes halogenated alkanes) is 24. The van der Waals surface area contributed by atoms with Crippen LogP contribution in [-0.4, -0.2) is 66.3 Å². The van der Waals surface area contributed by atoms with Crippen LogP contribution >= 0.6 is 7.82 Å². The highest BCUT2D eigenvalue weighted by Gasteiger charge is 2.26. The molecule has 10 heteroatoms. The standard InChI is InChI=1S/C46H87O9P/c1-3-5-7-9-11-13-15-17-19-21-22-24-26-28-30-32-34-36-38-46(49)55-45(43-54-56(50,51)53-41-44(48)40-47)42-52-39-37-35-33-31-29-27-25-23-20-18-16-14-12-10-8-6-4-2/h13,15,19-21,23,44-45,47-48H,3-12,14,16-18,22,24-43H2,1-2H3,(H,50,51)/b15-13-,21-19-,23-20-. The number of ether oxygens (including phenoxy) is 2. The molecule has 0 aliphatic carbocycles. The molecule has 0 aromatic rings. The van der Waals surface area contributed by atoms with Crippen molar-refractivity contribution in [2.24, 2.45) is 0 Å².